The molecule has 7 rings (SSSR count). The van der Waals surface area contributed by atoms with E-state index in [0.717, 1.165) is 39.7 Å². The van der Waals surface area contributed by atoms with Gasteiger partial charge >= 0.3 is 0 Å². The summed E-state index contributed by atoms with van der Waals surface area (Å²) >= 11 is 0. The molecule has 1 aliphatic rings. The van der Waals surface area contributed by atoms with E-state index in [4.69, 9.17) is 0 Å². The standard InChI is InChI=1S/C36H34N6O/c1-22-24(3)42(21-25-11-13-27(14-12-25)31-9-4-5-10-32(31)35-38-40-41-39-35)34-18-17-30(20-33(22)34)36(43)37-23(2)28-7-6-8-29(19-28)26-15-16-26/h4-14,17-20,23,26H,15-16,21H2,1-3H3,(H,37,43)(H,38,39,40,41)/t23-/m0/s1. The molecule has 0 aliphatic heterocycles. The first kappa shape index (κ1) is 26.8. The average molecular weight is 567 g/mol. The maximum Gasteiger partial charge on any atom is 0.251 e. The van der Waals surface area contributed by atoms with Gasteiger partial charge in [0, 0.05) is 34.3 Å². The number of carbonyl (C=O) groups is 1. The summed E-state index contributed by atoms with van der Waals surface area (Å²) in [5.41, 5.74) is 11.0. The molecule has 0 radical (unpaired) electrons. The minimum atomic E-state index is -0.0588. The second kappa shape index (κ2) is 11.0. The third-order valence-corrected chi connectivity index (χ3v) is 8.83. The average Bonchev–Trinajstić information content (AvgIpc) is 3.70. The number of nitrogens with zero attached hydrogens (tertiary/aromatic N) is 4. The molecule has 1 atom stereocenters. The van der Waals surface area contributed by atoms with E-state index in [2.05, 4.69) is 112 Å². The van der Waals surface area contributed by atoms with Gasteiger partial charge < -0.3 is 9.88 Å². The second-order valence-corrected chi connectivity index (χ2v) is 11.6. The maximum absolute atomic E-state index is 13.3. The van der Waals surface area contributed by atoms with Crippen molar-refractivity contribution in [2.24, 2.45) is 0 Å². The van der Waals surface area contributed by atoms with Crippen LogP contribution in [0.3, 0.4) is 0 Å². The van der Waals surface area contributed by atoms with Crippen molar-refractivity contribution >= 4 is 16.8 Å². The van der Waals surface area contributed by atoms with E-state index in [1.54, 1.807) is 0 Å². The molecular weight excluding hydrogens is 532 g/mol. The van der Waals surface area contributed by atoms with Crippen LogP contribution in [0.25, 0.3) is 33.4 Å². The van der Waals surface area contributed by atoms with Gasteiger partial charge in [0.2, 0.25) is 5.82 Å². The van der Waals surface area contributed by atoms with E-state index in [9.17, 15) is 4.79 Å². The van der Waals surface area contributed by atoms with Crippen LogP contribution in [0.2, 0.25) is 0 Å². The summed E-state index contributed by atoms with van der Waals surface area (Å²) in [4.78, 5) is 13.3. The number of hydrogen-bond donors (Lipinski definition) is 2. The number of nitrogens with one attached hydrogen (secondary N) is 2. The minimum absolute atomic E-state index is 0.0484. The zero-order valence-corrected chi connectivity index (χ0v) is 24.6. The second-order valence-electron chi connectivity index (χ2n) is 11.6. The van der Waals surface area contributed by atoms with Crippen LogP contribution < -0.4 is 5.32 Å². The number of benzene rings is 4. The number of hydrogen-bond acceptors (Lipinski definition) is 4. The molecule has 2 N–H and O–H groups in total. The van der Waals surface area contributed by atoms with E-state index in [1.165, 1.54) is 35.2 Å². The Morgan fingerprint density at radius 1 is 0.953 bits per heavy atom. The molecule has 4 aromatic carbocycles. The lowest BCUT2D eigenvalue weighted by Gasteiger charge is -2.16. The van der Waals surface area contributed by atoms with Crippen LogP contribution >= 0.6 is 0 Å². The highest BCUT2D eigenvalue weighted by Crippen LogP contribution is 2.40. The molecule has 0 unspecified atom stereocenters. The zero-order valence-electron chi connectivity index (χ0n) is 24.6. The number of aryl methyl sites for hydroxylation is 1. The Balaban J connectivity index is 1.11. The number of tetrazole rings is 1. The largest absolute Gasteiger partial charge is 0.346 e. The number of rotatable bonds is 8. The van der Waals surface area contributed by atoms with Crippen LogP contribution in [0, 0.1) is 13.8 Å². The number of aromatic amines is 1. The summed E-state index contributed by atoms with van der Waals surface area (Å²) in [6, 6.07) is 31.4. The summed E-state index contributed by atoms with van der Waals surface area (Å²) in [6.45, 7) is 7.09. The molecule has 1 aliphatic carbocycles. The van der Waals surface area contributed by atoms with Gasteiger partial charge in [-0.25, -0.2) is 0 Å². The zero-order chi connectivity index (χ0) is 29.5. The van der Waals surface area contributed by atoms with Gasteiger partial charge in [-0.1, -0.05) is 72.8 Å². The van der Waals surface area contributed by atoms with Gasteiger partial charge in [-0.2, -0.15) is 5.21 Å². The van der Waals surface area contributed by atoms with Crippen molar-refractivity contribution < 1.29 is 4.79 Å². The summed E-state index contributed by atoms with van der Waals surface area (Å²) < 4.78 is 2.33. The van der Waals surface area contributed by atoms with Crippen molar-refractivity contribution in [1.82, 2.24) is 30.5 Å². The number of carbonyl (C=O) groups excluding carboxylic acids is 1. The Morgan fingerprint density at radius 3 is 2.49 bits per heavy atom. The van der Waals surface area contributed by atoms with E-state index < -0.39 is 0 Å². The van der Waals surface area contributed by atoms with Crippen LogP contribution in [0.4, 0.5) is 0 Å². The molecule has 6 aromatic rings. The Kier molecular flexibility index (Phi) is 6.86. The third kappa shape index (κ3) is 5.23. The lowest BCUT2D eigenvalue weighted by Crippen LogP contribution is -2.26. The Hall–Kier alpha value is -5.04. The van der Waals surface area contributed by atoms with Gasteiger partial charge in [0.1, 0.15) is 0 Å². The molecule has 1 saturated carbocycles. The van der Waals surface area contributed by atoms with Crippen LogP contribution in [0.5, 0.6) is 0 Å². The maximum atomic E-state index is 13.3. The van der Waals surface area contributed by atoms with E-state index in [-0.39, 0.29) is 11.9 Å². The summed E-state index contributed by atoms with van der Waals surface area (Å²) in [5, 5.41) is 18.9. The fourth-order valence-corrected chi connectivity index (χ4v) is 6.04. The van der Waals surface area contributed by atoms with Crippen molar-refractivity contribution in [3.05, 3.63) is 125 Å². The van der Waals surface area contributed by atoms with Crippen molar-refractivity contribution in [2.45, 2.75) is 52.1 Å². The van der Waals surface area contributed by atoms with Crippen molar-refractivity contribution in [3.8, 4) is 22.5 Å². The molecular formula is C36H34N6O. The first-order valence-electron chi connectivity index (χ1n) is 14.9. The SMILES string of the molecule is Cc1c(C)n(Cc2ccc(-c3ccccc3-c3nn[nH]n3)cc2)c2ccc(C(=O)N[C@@H](C)c3cccc(C4CC4)c3)cc12. The Bertz CT molecular complexity index is 1930. The molecule has 43 heavy (non-hydrogen) atoms. The molecule has 0 spiro atoms. The summed E-state index contributed by atoms with van der Waals surface area (Å²) in [7, 11) is 0. The third-order valence-electron chi connectivity index (χ3n) is 8.83. The lowest BCUT2D eigenvalue weighted by atomic mass is 9.98. The van der Waals surface area contributed by atoms with Gasteiger partial charge in [0.25, 0.3) is 5.91 Å². The molecule has 0 bridgehead atoms. The molecule has 1 fully saturated rings. The molecule has 0 saturated heterocycles. The van der Waals surface area contributed by atoms with E-state index in [1.807, 2.05) is 30.3 Å². The van der Waals surface area contributed by atoms with E-state index >= 15 is 0 Å². The monoisotopic (exact) mass is 566 g/mol. The van der Waals surface area contributed by atoms with Crippen molar-refractivity contribution in [1.29, 1.82) is 0 Å². The summed E-state index contributed by atoms with van der Waals surface area (Å²) in [6.07, 6.45) is 2.54. The smallest absolute Gasteiger partial charge is 0.251 e. The molecule has 2 aromatic heterocycles. The van der Waals surface area contributed by atoms with Crippen LogP contribution in [0.15, 0.2) is 91.0 Å². The number of H-pyrrole nitrogens is 1. The number of amides is 1. The van der Waals surface area contributed by atoms with Crippen LogP contribution in [-0.4, -0.2) is 31.1 Å². The Morgan fingerprint density at radius 2 is 1.74 bits per heavy atom. The van der Waals surface area contributed by atoms with Gasteiger partial charge in [-0.05, 0) is 96.3 Å². The quantitative estimate of drug-likeness (QED) is 0.199. The molecule has 2 heterocycles. The molecule has 7 heteroatoms. The van der Waals surface area contributed by atoms with E-state index in [0.29, 0.717) is 17.3 Å². The van der Waals surface area contributed by atoms with Crippen LogP contribution in [-0.2, 0) is 6.54 Å². The predicted octanol–water partition coefficient (Wildman–Crippen LogP) is 7.52. The fraction of sp³-hybridized carbons (Fsp3) is 0.222. The highest BCUT2D eigenvalue weighted by atomic mass is 16.1. The normalized spacial score (nSPS) is 13.7. The first-order chi connectivity index (χ1) is 21.0. The van der Waals surface area contributed by atoms with Gasteiger partial charge in [0.15, 0.2) is 0 Å². The number of fused-ring (bicyclic) bond motifs is 1. The van der Waals surface area contributed by atoms with Gasteiger partial charge in [-0.15, -0.1) is 10.2 Å². The molecule has 7 nitrogen and oxygen atoms in total. The van der Waals surface area contributed by atoms with Gasteiger partial charge in [0.05, 0.1) is 6.04 Å². The predicted molar refractivity (Wildman–Crippen MR) is 170 cm³/mol. The molecule has 214 valence electrons. The molecule has 1 amide bonds. The Labute approximate surface area is 251 Å². The topological polar surface area (TPSA) is 88.5 Å². The minimum Gasteiger partial charge on any atom is -0.346 e. The first-order valence-corrected chi connectivity index (χ1v) is 14.9. The van der Waals surface area contributed by atoms with Gasteiger partial charge in [-0.3, -0.25) is 4.79 Å². The summed E-state index contributed by atoms with van der Waals surface area (Å²) in [5.74, 6) is 1.22. The van der Waals surface area contributed by atoms with Crippen molar-refractivity contribution in [2.75, 3.05) is 0 Å². The van der Waals surface area contributed by atoms with Crippen molar-refractivity contribution in [3.63, 3.8) is 0 Å². The van der Waals surface area contributed by atoms with Crippen LogP contribution in [0.1, 0.15) is 70.0 Å². The lowest BCUT2D eigenvalue weighted by molar-refractivity contribution is 0.0940. The fourth-order valence-electron chi connectivity index (χ4n) is 6.04. The number of aromatic nitrogens is 5. The highest BCUT2D eigenvalue weighted by Gasteiger charge is 2.24. The highest BCUT2D eigenvalue weighted by molar-refractivity contribution is 5.99.